The molecule has 1 atom stereocenters. The Kier molecular flexibility index (Phi) is 16.9. The largest absolute Gasteiger partial charge is 0.481 e. The molecule has 0 aliphatic carbocycles. The minimum Gasteiger partial charge on any atom is -0.481 e. The summed E-state index contributed by atoms with van der Waals surface area (Å²) in [6, 6.07) is 10.1. The molecule has 5 nitrogen and oxygen atoms in total. The molecule has 1 unspecified atom stereocenters. The van der Waals surface area contributed by atoms with Crippen LogP contribution in [0.4, 0.5) is 11.6 Å². The first-order chi connectivity index (χ1) is 19.5. The highest BCUT2D eigenvalue weighted by atomic mass is 16.5. The number of hydrogen-bond donors (Lipinski definition) is 1. The van der Waals surface area contributed by atoms with Gasteiger partial charge in [0.15, 0.2) is 11.9 Å². The summed E-state index contributed by atoms with van der Waals surface area (Å²) < 4.78 is 8.12. The molecule has 1 N–H and O–H groups in total. The minimum absolute atomic E-state index is 0.154. The molecule has 1 amide bonds. The maximum atomic E-state index is 13.3. The van der Waals surface area contributed by atoms with Crippen LogP contribution in [0, 0.1) is 13.5 Å². The molecule has 5 heteroatoms. The predicted octanol–water partition coefficient (Wildman–Crippen LogP) is 10.6. The van der Waals surface area contributed by atoms with E-state index in [0.717, 1.165) is 30.6 Å². The molecule has 1 heterocycles. The Labute approximate surface area is 244 Å². The van der Waals surface area contributed by atoms with Crippen molar-refractivity contribution in [2.45, 2.75) is 149 Å². The summed E-state index contributed by atoms with van der Waals surface area (Å²) >= 11 is 0. The van der Waals surface area contributed by atoms with Crippen molar-refractivity contribution in [1.29, 1.82) is 0 Å². The van der Waals surface area contributed by atoms with Crippen molar-refractivity contribution in [3.63, 3.8) is 0 Å². The van der Waals surface area contributed by atoms with E-state index in [0.29, 0.717) is 24.6 Å². The normalized spacial score (nSPS) is 11.8. The molecule has 0 aliphatic heterocycles. The highest BCUT2D eigenvalue weighted by Crippen LogP contribution is 2.28. The minimum atomic E-state index is -0.566. The summed E-state index contributed by atoms with van der Waals surface area (Å²) in [5.41, 5.74) is 2.14. The van der Waals surface area contributed by atoms with E-state index >= 15 is 0 Å². The van der Waals surface area contributed by atoms with E-state index in [1.54, 1.807) is 0 Å². The Morgan fingerprint density at radius 1 is 0.875 bits per heavy atom. The van der Waals surface area contributed by atoms with Gasteiger partial charge in [0.1, 0.15) is 5.75 Å². The molecule has 0 saturated heterocycles. The van der Waals surface area contributed by atoms with Crippen LogP contribution in [0.1, 0.15) is 135 Å². The van der Waals surface area contributed by atoms with E-state index in [2.05, 4.69) is 36.1 Å². The fourth-order valence-corrected chi connectivity index (χ4v) is 5.37. The second-order valence-corrected chi connectivity index (χ2v) is 11.3. The number of carbonyl (C=O) groups is 1. The number of aryl methyl sites for hydroxylation is 2. The number of carbonyl (C=O) groups excluding carboxylic acids is 1. The second-order valence-electron chi connectivity index (χ2n) is 11.3. The van der Waals surface area contributed by atoms with Gasteiger partial charge in [-0.1, -0.05) is 116 Å². The first-order valence-corrected chi connectivity index (χ1v) is 16.2. The van der Waals surface area contributed by atoms with E-state index in [4.69, 9.17) is 11.3 Å². The quantitative estimate of drug-likeness (QED) is 0.117. The van der Waals surface area contributed by atoms with Crippen LogP contribution >= 0.6 is 0 Å². The zero-order valence-electron chi connectivity index (χ0n) is 25.9. The Morgan fingerprint density at radius 3 is 2.05 bits per heavy atom. The standard InChI is InChI=1S/C35H55N3O2/c1-6-9-11-12-13-14-15-16-17-18-19-20-21-23-30-24-22-25-31(28-30)40-32(26-10-7-2)35(39)37-33-27-29(4)34(36-5)38(33)8-3/h22,24-25,27-28,32H,6-21,23,26H2,1-4H3,(H,37,39). The third-order valence-electron chi connectivity index (χ3n) is 7.78. The summed E-state index contributed by atoms with van der Waals surface area (Å²) in [6.45, 7) is 16.4. The molecule has 0 aliphatic rings. The van der Waals surface area contributed by atoms with Gasteiger partial charge in [0.25, 0.3) is 5.91 Å². The van der Waals surface area contributed by atoms with Gasteiger partial charge in [0.2, 0.25) is 5.82 Å². The van der Waals surface area contributed by atoms with Crippen molar-refractivity contribution in [2.75, 3.05) is 5.32 Å². The summed E-state index contributed by atoms with van der Waals surface area (Å²) in [4.78, 5) is 16.9. The Bertz CT molecular complexity index is 1020. The van der Waals surface area contributed by atoms with Crippen LogP contribution in [0.2, 0.25) is 0 Å². The van der Waals surface area contributed by atoms with Crippen molar-refractivity contribution in [1.82, 2.24) is 4.57 Å². The van der Waals surface area contributed by atoms with Crippen LogP contribution in [-0.4, -0.2) is 16.6 Å². The molecule has 222 valence electrons. The number of nitrogens with zero attached hydrogens (tertiary/aromatic N) is 2. The van der Waals surface area contributed by atoms with E-state index in [1.165, 1.54) is 89.0 Å². The third kappa shape index (κ3) is 12.2. The van der Waals surface area contributed by atoms with Gasteiger partial charge in [-0.2, -0.15) is 0 Å². The van der Waals surface area contributed by atoms with Crippen molar-refractivity contribution in [3.05, 3.63) is 52.9 Å². The van der Waals surface area contributed by atoms with Gasteiger partial charge in [0.05, 0.1) is 6.54 Å². The van der Waals surface area contributed by atoms with Gasteiger partial charge < -0.3 is 9.58 Å². The lowest BCUT2D eigenvalue weighted by Crippen LogP contribution is -2.33. The predicted molar refractivity (Wildman–Crippen MR) is 170 cm³/mol. The number of amides is 1. The van der Waals surface area contributed by atoms with Crippen molar-refractivity contribution >= 4 is 17.5 Å². The van der Waals surface area contributed by atoms with Crippen LogP contribution in [0.15, 0.2) is 30.3 Å². The number of unbranched alkanes of at least 4 members (excludes halogenated alkanes) is 13. The monoisotopic (exact) mass is 549 g/mol. The number of anilines is 1. The zero-order valence-corrected chi connectivity index (χ0v) is 25.9. The fraction of sp³-hybridized carbons (Fsp3) is 0.657. The van der Waals surface area contributed by atoms with E-state index in [1.807, 2.05) is 36.6 Å². The molecule has 1 aromatic carbocycles. The van der Waals surface area contributed by atoms with Crippen molar-refractivity contribution in [2.24, 2.45) is 0 Å². The number of hydrogen-bond acceptors (Lipinski definition) is 2. The van der Waals surface area contributed by atoms with E-state index in [-0.39, 0.29) is 5.91 Å². The number of benzene rings is 1. The number of nitrogens with one attached hydrogen (secondary N) is 1. The van der Waals surface area contributed by atoms with Crippen LogP contribution in [0.25, 0.3) is 4.85 Å². The molecular weight excluding hydrogens is 494 g/mol. The van der Waals surface area contributed by atoms with Crippen LogP contribution in [0.5, 0.6) is 5.75 Å². The Morgan fingerprint density at radius 2 is 1.48 bits per heavy atom. The molecule has 2 rings (SSSR count). The van der Waals surface area contributed by atoms with E-state index < -0.39 is 6.10 Å². The molecule has 2 aromatic rings. The summed E-state index contributed by atoms with van der Waals surface area (Å²) in [6.07, 6.45) is 20.8. The van der Waals surface area contributed by atoms with Gasteiger partial charge in [-0.25, -0.2) is 0 Å². The van der Waals surface area contributed by atoms with Crippen LogP contribution in [-0.2, 0) is 17.8 Å². The summed E-state index contributed by atoms with van der Waals surface area (Å²) in [5.74, 6) is 1.84. The number of ether oxygens (including phenoxy) is 1. The molecule has 40 heavy (non-hydrogen) atoms. The summed E-state index contributed by atoms with van der Waals surface area (Å²) in [7, 11) is 0. The van der Waals surface area contributed by atoms with Crippen molar-refractivity contribution in [3.8, 4) is 5.75 Å². The highest BCUT2D eigenvalue weighted by molar-refractivity contribution is 5.94. The lowest BCUT2D eigenvalue weighted by molar-refractivity contribution is -0.123. The topological polar surface area (TPSA) is 47.6 Å². The van der Waals surface area contributed by atoms with Gasteiger partial charge >= 0.3 is 0 Å². The SMILES string of the molecule is [C-]#[N+]c1c(C)cc(NC(=O)C(CCCC)Oc2cccc(CCCCCCCCCCCCCCC)c2)n1CC. The average molecular weight is 550 g/mol. The lowest BCUT2D eigenvalue weighted by Gasteiger charge is -2.19. The summed E-state index contributed by atoms with van der Waals surface area (Å²) in [5, 5.41) is 3.04. The number of aromatic nitrogens is 1. The molecular formula is C35H55N3O2. The molecule has 0 spiro atoms. The van der Waals surface area contributed by atoms with E-state index in [9.17, 15) is 4.79 Å². The maximum Gasteiger partial charge on any atom is 0.268 e. The maximum absolute atomic E-state index is 13.3. The Balaban J connectivity index is 1.77. The molecule has 0 fully saturated rings. The fourth-order valence-electron chi connectivity index (χ4n) is 5.37. The molecule has 0 saturated carbocycles. The first kappa shape index (κ1) is 33.5. The molecule has 1 aromatic heterocycles. The van der Waals surface area contributed by atoms with Gasteiger partial charge in [-0.05, 0) is 68.9 Å². The molecule has 0 bridgehead atoms. The zero-order chi connectivity index (χ0) is 29.0. The Hall–Kier alpha value is -2.74. The van der Waals surface area contributed by atoms with Crippen LogP contribution < -0.4 is 10.1 Å². The first-order valence-electron chi connectivity index (χ1n) is 16.2. The van der Waals surface area contributed by atoms with Crippen LogP contribution in [0.3, 0.4) is 0 Å². The molecule has 0 radical (unpaired) electrons. The van der Waals surface area contributed by atoms with Gasteiger partial charge in [-0.3, -0.25) is 14.7 Å². The second kappa shape index (κ2) is 20.2. The number of rotatable bonds is 22. The highest BCUT2D eigenvalue weighted by Gasteiger charge is 2.23. The third-order valence-corrected chi connectivity index (χ3v) is 7.78. The van der Waals surface area contributed by atoms with Crippen molar-refractivity contribution < 1.29 is 9.53 Å². The average Bonchev–Trinajstić information content (AvgIpc) is 3.26. The lowest BCUT2D eigenvalue weighted by atomic mass is 10.0. The van der Waals surface area contributed by atoms with Gasteiger partial charge in [0, 0.05) is 0 Å². The van der Waals surface area contributed by atoms with Gasteiger partial charge in [-0.15, -0.1) is 0 Å². The smallest absolute Gasteiger partial charge is 0.268 e.